The third-order valence-electron chi connectivity index (χ3n) is 5.21. The number of likely N-dealkylation sites (tertiary alicyclic amines) is 1. The van der Waals surface area contributed by atoms with Crippen molar-refractivity contribution in [1.82, 2.24) is 9.88 Å². The Kier molecular flexibility index (Phi) is 4.65. The van der Waals surface area contributed by atoms with Crippen LogP contribution >= 0.6 is 0 Å². The molecule has 1 fully saturated rings. The molecular formula is C22H24N2O2. The molecule has 0 spiro atoms. The molecule has 26 heavy (non-hydrogen) atoms. The topological polar surface area (TPSA) is 45.3 Å². The molecule has 1 amide bonds. The summed E-state index contributed by atoms with van der Waals surface area (Å²) in [4.78, 5) is 18.1. The van der Waals surface area contributed by atoms with Crippen molar-refractivity contribution in [3.8, 4) is 5.75 Å². The smallest absolute Gasteiger partial charge is 0.254 e. The molecule has 1 unspecified atom stereocenters. The van der Waals surface area contributed by atoms with Crippen LogP contribution in [0, 0.1) is 12.8 Å². The fourth-order valence-corrected chi connectivity index (χ4v) is 3.67. The number of hydrogen-bond acceptors (Lipinski definition) is 2. The SMILES string of the molecule is Cc1ccc(OCCC2CCN(C(=O)c3cccc4[nH]ccc34)C2)cc1. The number of H-pyrrole nitrogens is 1. The summed E-state index contributed by atoms with van der Waals surface area (Å²) in [5, 5.41) is 1.00. The van der Waals surface area contributed by atoms with Gasteiger partial charge in [0.15, 0.2) is 0 Å². The van der Waals surface area contributed by atoms with E-state index < -0.39 is 0 Å². The van der Waals surface area contributed by atoms with E-state index in [1.165, 1.54) is 5.56 Å². The lowest BCUT2D eigenvalue weighted by molar-refractivity contribution is 0.0787. The lowest BCUT2D eigenvalue weighted by atomic mass is 10.1. The Morgan fingerprint density at radius 1 is 1.19 bits per heavy atom. The number of ether oxygens (including phenoxy) is 1. The fourth-order valence-electron chi connectivity index (χ4n) is 3.67. The van der Waals surface area contributed by atoms with Gasteiger partial charge in [-0.05, 0) is 56.0 Å². The van der Waals surface area contributed by atoms with Crippen molar-refractivity contribution in [2.75, 3.05) is 19.7 Å². The molecular weight excluding hydrogens is 324 g/mol. The summed E-state index contributed by atoms with van der Waals surface area (Å²) < 4.78 is 5.84. The van der Waals surface area contributed by atoms with Crippen molar-refractivity contribution in [3.63, 3.8) is 0 Å². The lowest BCUT2D eigenvalue weighted by Crippen LogP contribution is -2.29. The molecule has 1 aliphatic rings. The van der Waals surface area contributed by atoms with Gasteiger partial charge in [-0.15, -0.1) is 0 Å². The highest BCUT2D eigenvalue weighted by Crippen LogP contribution is 2.25. The van der Waals surface area contributed by atoms with Crippen LogP contribution in [0.15, 0.2) is 54.7 Å². The fraction of sp³-hybridized carbons (Fsp3) is 0.318. The van der Waals surface area contributed by atoms with Crippen LogP contribution in [0.5, 0.6) is 5.75 Å². The summed E-state index contributed by atoms with van der Waals surface area (Å²) in [7, 11) is 0. The Labute approximate surface area is 153 Å². The number of carbonyl (C=O) groups is 1. The summed E-state index contributed by atoms with van der Waals surface area (Å²) in [5.41, 5.74) is 3.04. The lowest BCUT2D eigenvalue weighted by Gasteiger charge is -2.17. The van der Waals surface area contributed by atoms with Crippen molar-refractivity contribution >= 4 is 16.8 Å². The van der Waals surface area contributed by atoms with Crippen molar-refractivity contribution in [2.24, 2.45) is 5.92 Å². The highest BCUT2D eigenvalue weighted by molar-refractivity contribution is 6.06. The van der Waals surface area contributed by atoms with Crippen LogP contribution in [0.1, 0.15) is 28.8 Å². The molecule has 1 aliphatic heterocycles. The maximum absolute atomic E-state index is 12.9. The minimum absolute atomic E-state index is 0.136. The standard InChI is InChI=1S/C22H24N2O2/c1-16-5-7-18(8-6-16)26-14-11-17-10-13-24(15-17)22(25)20-3-2-4-21-19(20)9-12-23-21/h2-9,12,17,23H,10-11,13-15H2,1H3. The van der Waals surface area contributed by atoms with E-state index in [2.05, 4.69) is 24.0 Å². The van der Waals surface area contributed by atoms with E-state index in [0.717, 1.165) is 48.1 Å². The predicted octanol–water partition coefficient (Wildman–Crippen LogP) is 4.41. The molecule has 4 rings (SSSR count). The number of nitrogens with zero attached hydrogens (tertiary/aromatic N) is 1. The first-order valence-corrected chi connectivity index (χ1v) is 9.25. The quantitative estimate of drug-likeness (QED) is 0.742. The molecule has 1 atom stereocenters. The van der Waals surface area contributed by atoms with Crippen LogP contribution < -0.4 is 4.74 Å². The van der Waals surface area contributed by atoms with Gasteiger partial charge in [0.2, 0.25) is 0 Å². The zero-order chi connectivity index (χ0) is 17.9. The number of aromatic amines is 1. The van der Waals surface area contributed by atoms with Crippen LogP contribution in [-0.2, 0) is 0 Å². The van der Waals surface area contributed by atoms with Crippen LogP contribution in [0.3, 0.4) is 0 Å². The second-order valence-corrected chi connectivity index (χ2v) is 7.10. The number of aryl methyl sites for hydroxylation is 1. The molecule has 0 aliphatic carbocycles. The number of carbonyl (C=O) groups excluding carboxylic acids is 1. The summed E-state index contributed by atoms with van der Waals surface area (Å²) in [5.74, 6) is 1.56. The molecule has 1 saturated heterocycles. The molecule has 0 radical (unpaired) electrons. The van der Waals surface area contributed by atoms with Crippen molar-refractivity contribution in [2.45, 2.75) is 19.8 Å². The second kappa shape index (κ2) is 7.24. The van der Waals surface area contributed by atoms with Gasteiger partial charge in [-0.3, -0.25) is 4.79 Å². The summed E-state index contributed by atoms with van der Waals surface area (Å²) in [6, 6.07) is 16.0. The van der Waals surface area contributed by atoms with Crippen LogP contribution in [0.2, 0.25) is 0 Å². The zero-order valence-corrected chi connectivity index (χ0v) is 15.1. The van der Waals surface area contributed by atoms with E-state index in [-0.39, 0.29) is 5.91 Å². The molecule has 3 aromatic rings. The minimum Gasteiger partial charge on any atom is -0.494 e. The summed E-state index contributed by atoms with van der Waals surface area (Å²) in [6.07, 6.45) is 3.91. The van der Waals surface area contributed by atoms with Crippen LogP contribution in [0.25, 0.3) is 10.9 Å². The molecule has 1 N–H and O–H groups in total. The summed E-state index contributed by atoms with van der Waals surface area (Å²) >= 11 is 0. The van der Waals surface area contributed by atoms with E-state index in [9.17, 15) is 4.79 Å². The average molecular weight is 348 g/mol. The second-order valence-electron chi connectivity index (χ2n) is 7.10. The molecule has 4 heteroatoms. The number of hydrogen-bond donors (Lipinski definition) is 1. The third-order valence-corrected chi connectivity index (χ3v) is 5.21. The number of aromatic nitrogens is 1. The minimum atomic E-state index is 0.136. The Morgan fingerprint density at radius 2 is 2.04 bits per heavy atom. The van der Waals surface area contributed by atoms with Gasteiger partial charge in [0, 0.05) is 35.8 Å². The molecule has 4 nitrogen and oxygen atoms in total. The van der Waals surface area contributed by atoms with Crippen molar-refractivity contribution in [1.29, 1.82) is 0 Å². The number of rotatable bonds is 5. The van der Waals surface area contributed by atoms with Gasteiger partial charge in [-0.25, -0.2) is 0 Å². The molecule has 134 valence electrons. The van der Waals surface area contributed by atoms with E-state index >= 15 is 0 Å². The maximum atomic E-state index is 12.9. The first kappa shape index (κ1) is 16.7. The number of fused-ring (bicyclic) bond motifs is 1. The first-order chi connectivity index (χ1) is 12.7. The third kappa shape index (κ3) is 3.45. The van der Waals surface area contributed by atoms with Crippen molar-refractivity contribution in [3.05, 3.63) is 65.9 Å². The highest BCUT2D eigenvalue weighted by atomic mass is 16.5. The van der Waals surface area contributed by atoms with E-state index in [1.807, 2.05) is 47.5 Å². The van der Waals surface area contributed by atoms with Crippen LogP contribution in [-0.4, -0.2) is 35.5 Å². The first-order valence-electron chi connectivity index (χ1n) is 9.25. The maximum Gasteiger partial charge on any atom is 0.254 e. The molecule has 2 aromatic carbocycles. The largest absolute Gasteiger partial charge is 0.494 e. The number of nitrogens with one attached hydrogen (secondary N) is 1. The molecule has 2 heterocycles. The van der Waals surface area contributed by atoms with Gasteiger partial charge < -0.3 is 14.6 Å². The zero-order valence-electron chi connectivity index (χ0n) is 15.1. The Morgan fingerprint density at radius 3 is 2.88 bits per heavy atom. The monoisotopic (exact) mass is 348 g/mol. The predicted molar refractivity (Wildman–Crippen MR) is 104 cm³/mol. The number of amides is 1. The normalized spacial score (nSPS) is 17.0. The van der Waals surface area contributed by atoms with Crippen molar-refractivity contribution < 1.29 is 9.53 Å². The van der Waals surface area contributed by atoms with Gasteiger partial charge in [-0.2, -0.15) is 0 Å². The van der Waals surface area contributed by atoms with Crippen LogP contribution in [0.4, 0.5) is 0 Å². The Balaban J connectivity index is 1.32. The van der Waals surface area contributed by atoms with E-state index in [1.54, 1.807) is 0 Å². The number of benzene rings is 2. The van der Waals surface area contributed by atoms with Gasteiger partial charge in [0.05, 0.1) is 6.61 Å². The van der Waals surface area contributed by atoms with E-state index in [4.69, 9.17) is 4.74 Å². The Hall–Kier alpha value is -2.75. The van der Waals surface area contributed by atoms with Gasteiger partial charge in [0.25, 0.3) is 5.91 Å². The molecule has 1 aromatic heterocycles. The van der Waals surface area contributed by atoms with Gasteiger partial charge in [-0.1, -0.05) is 23.8 Å². The Bertz CT molecular complexity index is 898. The van der Waals surface area contributed by atoms with E-state index in [0.29, 0.717) is 12.5 Å². The summed E-state index contributed by atoms with van der Waals surface area (Å²) in [6.45, 7) is 4.41. The molecule has 0 saturated carbocycles. The highest BCUT2D eigenvalue weighted by Gasteiger charge is 2.27. The molecule has 0 bridgehead atoms. The average Bonchev–Trinajstić information content (AvgIpc) is 3.32. The van der Waals surface area contributed by atoms with Gasteiger partial charge in [0.1, 0.15) is 5.75 Å². The van der Waals surface area contributed by atoms with Gasteiger partial charge >= 0.3 is 0 Å².